The Morgan fingerprint density at radius 2 is 2.31 bits per heavy atom. The average molecular weight is 222 g/mol. The van der Waals surface area contributed by atoms with Crippen LogP contribution in [0.15, 0.2) is 18.5 Å². The Kier molecular flexibility index (Phi) is 6.04. The van der Waals surface area contributed by atoms with Crippen LogP contribution in [0.3, 0.4) is 0 Å². The van der Waals surface area contributed by atoms with E-state index in [2.05, 4.69) is 30.2 Å². The zero-order valence-electron chi connectivity index (χ0n) is 10.2. The molecule has 2 N–H and O–H groups in total. The number of aliphatic hydroxyl groups is 1. The second-order valence-electron chi connectivity index (χ2n) is 4.27. The van der Waals surface area contributed by atoms with Crippen LogP contribution in [0.4, 0.5) is 0 Å². The first-order chi connectivity index (χ1) is 7.74. The number of aryl methyl sites for hydroxylation is 1. The highest BCUT2D eigenvalue weighted by Crippen LogP contribution is 2.05. The molecule has 0 fully saturated rings. The van der Waals surface area contributed by atoms with Crippen molar-refractivity contribution in [2.24, 2.45) is 0 Å². The van der Waals surface area contributed by atoms with Crippen LogP contribution in [0, 0.1) is 6.92 Å². The Bertz CT molecular complexity index is 302. The zero-order valence-corrected chi connectivity index (χ0v) is 10.2. The smallest absolute Gasteiger partial charge is 0.0431 e. The summed E-state index contributed by atoms with van der Waals surface area (Å²) in [4.78, 5) is 4.08. The van der Waals surface area contributed by atoms with Gasteiger partial charge in [0, 0.05) is 25.0 Å². The van der Waals surface area contributed by atoms with Crippen LogP contribution in [0.5, 0.6) is 0 Å². The van der Waals surface area contributed by atoms with Crippen LogP contribution >= 0.6 is 0 Å². The molecule has 90 valence electrons. The molecule has 0 saturated carbocycles. The predicted molar refractivity (Wildman–Crippen MR) is 66.5 cm³/mol. The molecule has 3 nitrogen and oxygen atoms in total. The lowest BCUT2D eigenvalue weighted by Gasteiger charge is -2.13. The fraction of sp³-hybridized carbons (Fsp3) is 0.615. The Hall–Kier alpha value is -0.930. The number of nitrogens with zero attached hydrogens (tertiary/aromatic N) is 1. The van der Waals surface area contributed by atoms with Crippen molar-refractivity contribution in [1.82, 2.24) is 10.3 Å². The molecule has 1 atom stereocenters. The summed E-state index contributed by atoms with van der Waals surface area (Å²) >= 11 is 0. The number of aromatic nitrogens is 1. The van der Waals surface area contributed by atoms with Gasteiger partial charge in [-0.15, -0.1) is 0 Å². The summed E-state index contributed by atoms with van der Waals surface area (Å²) in [6, 6.07) is 2.56. The summed E-state index contributed by atoms with van der Waals surface area (Å²) in [5.41, 5.74) is 2.61. The first-order valence-electron chi connectivity index (χ1n) is 5.97. The van der Waals surface area contributed by atoms with E-state index < -0.39 is 0 Å². The van der Waals surface area contributed by atoms with E-state index in [1.807, 2.05) is 12.4 Å². The van der Waals surface area contributed by atoms with Crippen molar-refractivity contribution in [1.29, 1.82) is 0 Å². The van der Waals surface area contributed by atoms with Gasteiger partial charge in [0.15, 0.2) is 0 Å². The van der Waals surface area contributed by atoms with Crippen molar-refractivity contribution in [3.63, 3.8) is 0 Å². The standard InChI is InChI=1S/C13H22N2O/c1-11-10-14-7-5-13(11)6-8-15-12(2)4-3-9-16/h5,7,10,12,15-16H,3-4,6,8-9H2,1-2H3. The van der Waals surface area contributed by atoms with Gasteiger partial charge in [0.2, 0.25) is 0 Å². The van der Waals surface area contributed by atoms with Gasteiger partial charge in [-0.05, 0) is 56.8 Å². The average Bonchev–Trinajstić information content (AvgIpc) is 2.29. The topological polar surface area (TPSA) is 45.2 Å². The Labute approximate surface area is 97.9 Å². The maximum Gasteiger partial charge on any atom is 0.0431 e. The molecule has 0 spiro atoms. The van der Waals surface area contributed by atoms with Crippen LogP contribution in [0.1, 0.15) is 30.9 Å². The molecule has 1 heterocycles. The van der Waals surface area contributed by atoms with Crippen molar-refractivity contribution >= 4 is 0 Å². The van der Waals surface area contributed by atoms with Gasteiger partial charge in [-0.2, -0.15) is 0 Å². The van der Waals surface area contributed by atoms with Crippen molar-refractivity contribution < 1.29 is 5.11 Å². The molecular weight excluding hydrogens is 200 g/mol. The molecule has 0 aromatic carbocycles. The lowest BCUT2D eigenvalue weighted by Crippen LogP contribution is -2.28. The minimum Gasteiger partial charge on any atom is -0.396 e. The highest BCUT2D eigenvalue weighted by molar-refractivity contribution is 5.21. The fourth-order valence-electron chi connectivity index (χ4n) is 1.74. The van der Waals surface area contributed by atoms with E-state index in [0.717, 1.165) is 25.8 Å². The lowest BCUT2D eigenvalue weighted by atomic mass is 10.1. The number of aliphatic hydroxyl groups excluding tert-OH is 1. The summed E-state index contributed by atoms with van der Waals surface area (Å²) in [5, 5.41) is 12.2. The second-order valence-corrected chi connectivity index (χ2v) is 4.27. The molecule has 0 aliphatic carbocycles. The third-order valence-corrected chi connectivity index (χ3v) is 2.82. The first kappa shape index (κ1) is 13.1. The summed E-state index contributed by atoms with van der Waals surface area (Å²) in [6.07, 6.45) is 6.70. The van der Waals surface area contributed by atoms with Crippen molar-refractivity contribution in [2.45, 2.75) is 39.2 Å². The van der Waals surface area contributed by atoms with Crippen LogP contribution in [-0.4, -0.2) is 29.3 Å². The highest BCUT2D eigenvalue weighted by Gasteiger charge is 2.01. The second kappa shape index (κ2) is 7.36. The molecule has 3 heteroatoms. The van der Waals surface area contributed by atoms with Gasteiger partial charge in [0.25, 0.3) is 0 Å². The van der Waals surface area contributed by atoms with E-state index in [-0.39, 0.29) is 6.61 Å². The SMILES string of the molecule is Cc1cnccc1CCNC(C)CCCO. The van der Waals surface area contributed by atoms with Gasteiger partial charge >= 0.3 is 0 Å². The zero-order chi connectivity index (χ0) is 11.8. The predicted octanol–water partition coefficient (Wildman–Crippen LogP) is 1.68. The fourth-order valence-corrected chi connectivity index (χ4v) is 1.74. The largest absolute Gasteiger partial charge is 0.396 e. The molecule has 0 radical (unpaired) electrons. The molecule has 0 saturated heterocycles. The first-order valence-corrected chi connectivity index (χ1v) is 5.97. The van der Waals surface area contributed by atoms with Crippen molar-refractivity contribution in [3.05, 3.63) is 29.6 Å². The molecule has 16 heavy (non-hydrogen) atoms. The summed E-state index contributed by atoms with van der Waals surface area (Å²) in [6.45, 7) is 5.53. The van der Waals surface area contributed by atoms with Gasteiger partial charge in [-0.25, -0.2) is 0 Å². The monoisotopic (exact) mass is 222 g/mol. The molecular formula is C13H22N2O. The van der Waals surface area contributed by atoms with Crippen molar-refractivity contribution in [2.75, 3.05) is 13.2 Å². The molecule has 1 aromatic rings. The summed E-state index contributed by atoms with van der Waals surface area (Å²) in [7, 11) is 0. The number of rotatable bonds is 7. The maximum absolute atomic E-state index is 8.72. The van der Waals surface area contributed by atoms with Gasteiger partial charge in [-0.3, -0.25) is 4.98 Å². The summed E-state index contributed by atoms with van der Waals surface area (Å²) < 4.78 is 0. The molecule has 0 aliphatic rings. The van der Waals surface area contributed by atoms with E-state index in [4.69, 9.17) is 5.11 Å². The van der Waals surface area contributed by atoms with E-state index in [1.165, 1.54) is 11.1 Å². The van der Waals surface area contributed by atoms with E-state index in [0.29, 0.717) is 6.04 Å². The van der Waals surface area contributed by atoms with E-state index in [1.54, 1.807) is 0 Å². The van der Waals surface area contributed by atoms with Gasteiger partial charge in [-0.1, -0.05) is 0 Å². The lowest BCUT2D eigenvalue weighted by molar-refractivity contribution is 0.276. The molecule has 1 unspecified atom stereocenters. The molecule has 0 bridgehead atoms. The molecule has 1 rings (SSSR count). The Morgan fingerprint density at radius 3 is 3.00 bits per heavy atom. The van der Waals surface area contributed by atoms with Crippen LogP contribution in [-0.2, 0) is 6.42 Å². The van der Waals surface area contributed by atoms with Gasteiger partial charge in [0.05, 0.1) is 0 Å². The minimum absolute atomic E-state index is 0.287. The molecule has 1 aromatic heterocycles. The number of nitrogens with one attached hydrogen (secondary N) is 1. The normalized spacial score (nSPS) is 12.7. The van der Waals surface area contributed by atoms with E-state index in [9.17, 15) is 0 Å². The third-order valence-electron chi connectivity index (χ3n) is 2.82. The quantitative estimate of drug-likeness (QED) is 0.738. The number of hydrogen-bond donors (Lipinski definition) is 2. The van der Waals surface area contributed by atoms with Crippen LogP contribution in [0.2, 0.25) is 0 Å². The summed E-state index contributed by atoms with van der Waals surface area (Å²) in [5.74, 6) is 0. The van der Waals surface area contributed by atoms with Crippen LogP contribution < -0.4 is 5.32 Å². The van der Waals surface area contributed by atoms with Crippen molar-refractivity contribution in [3.8, 4) is 0 Å². The van der Waals surface area contributed by atoms with E-state index >= 15 is 0 Å². The van der Waals surface area contributed by atoms with Gasteiger partial charge in [0.1, 0.15) is 0 Å². The number of pyridine rings is 1. The van der Waals surface area contributed by atoms with Gasteiger partial charge < -0.3 is 10.4 Å². The molecule has 0 aliphatic heterocycles. The third kappa shape index (κ3) is 4.73. The highest BCUT2D eigenvalue weighted by atomic mass is 16.2. The maximum atomic E-state index is 8.72. The molecule has 0 amide bonds. The number of hydrogen-bond acceptors (Lipinski definition) is 3. The Morgan fingerprint density at radius 1 is 1.50 bits per heavy atom. The van der Waals surface area contributed by atoms with Crippen LogP contribution in [0.25, 0.3) is 0 Å². The minimum atomic E-state index is 0.287. The Balaban J connectivity index is 2.23.